The number of rotatable bonds is 3. The molecule has 0 N–H and O–H groups in total. The first-order valence-corrected chi connectivity index (χ1v) is 6.68. The maximum Gasteiger partial charge on any atom is 0.175 e. The molecular weight excluding hydrogens is 306 g/mol. The number of pyridine rings is 1. The van der Waals surface area contributed by atoms with Crippen LogP contribution in [0, 0.1) is 0 Å². The van der Waals surface area contributed by atoms with Gasteiger partial charge in [0.15, 0.2) is 5.65 Å². The Balaban J connectivity index is 1.94. The second-order valence-electron chi connectivity index (χ2n) is 4.19. The molecule has 0 saturated carbocycles. The van der Waals surface area contributed by atoms with Gasteiger partial charge in [0, 0.05) is 12.6 Å². The molecule has 3 aromatic rings. The van der Waals surface area contributed by atoms with E-state index >= 15 is 0 Å². The molecule has 0 fully saturated rings. The van der Waals surface area contributed by atoms with E-state index in [1.807, 2.05) is 47.0 Å². The number of ether oxygens (including phenoxy) is 1. The Bertz CT molecular complexity index is 706. The zero-order valence-electron chi connectivity index (χ0n) is 10.4. The normalized spacial score (nSPS) is 10.8. The molecule has 0 aliphatic heterocycles. The first-order valence-electron chi connectivity index (χ1n) is 5.89. The van der Waals surface area contributed by atoms with Crippen molar-refractivity contribution in [2.75, 3.05) is 7.11 Å². The number of hydrogen-bond donors (Lipinski definition) is 0. The summed E-state index contributed by atoms with van der Waals surface area (Å²) in [5.74, 6) is 1.78. The Morgan fingerprint density at radius 2 is 1.95 bits per heavy atom. The lowest BCUT2D eigenvalue weighted by Crippen LogP contribution is -1.96. The molecule has 0 aliphatic carbocycles. The van der Waals surface area contributed by atoms with Crippen LogP contribution < -0.4 is 4.74 Å². The van der Waals surface area contributed by atoms with E-state index in [2.05, 4.69) is 26.1 Å². The lowest BCUT2D eigenvalue weighted by molar-refractivity contribution is 0.414. The number of hydrogen-bond acceptors (Lipinski definition) is 3. The van der Waals surface area contributed by atoms with Crippen LogP contribution in [-0.4, -0.2) is 21.7 Å². The molecule has 0 aliphatic rings. The van der Waals surface area contributed by atoms with Gasteiger partial charge < -0.3 is 4.74 Å². The van der Waals surface area contributed by atoms with E-state index in [4.69, 9.17) is 4.74 Å². The summed E-state index contributed by atoms with van der Waals surface area (Å²) in [6, 6.07) is 11.9. The summed E-state index contributed by atoms with van der Waals surface area (Å²) in [5.41, 5.74) is 2.01. The number of fused-ring (bicyclic) bond motifs is 1. The maximum absolute atomic E-state index is 5.15. The molecule has 0 spiro atoms. The molecule has 5 heteroatoms. The third-order valence-electron chi connectivity index (χ3n) is 2.98. The van der Waals surface area contributed by atoms with Crippen LogP contribution in [-0.2, 0) is 6.42 Å². The molecular formula is C14H12BrN3O. The second-order valence-corrected chi connectivity index (χ2v) is 5.05. The number of methoxy groups -OCH3 is 1. The zero-order chi connectivity index (χ0) is 13.2. The highest BCUT2D eigenvalue weighted by atomic mass is 79.9. The number of nitrogens with zero attached hydrogens (tertiary/aromatic N) is 3. The maximum atomic E-state index is 5.15. The first kappa shape index (κ1) is 12.2. The molecule has 0 radical (unpaired) electrons. The number of aromatic nitrogens is 3. The van der Waals surface area contributed by atoms with Crippen LogP contribution >= 0.6 is 15.9 Å². The quantitative estimate of drug-likeness (QED) is 0.745. The van der Waals surface area contributed by atoms with Crippen molar-refractivity contribution in [3.63, 3.8) is 0 Å². The number of benzene rings is 1. The highest BCUT2D eigenvalue weighted by Gasteiger charge is 2.08. The minimum Gasteiger partial charge on any atom is -0.497 e. The van der Waals surface area contributed by atoms with Crippen LogP contribution in [0.2, 0.25) is 0 Å². The van der Waals surface area contributed by atoms with Gasteiger partial charge in [0.1, 0.15) is 11.6 Å². The van der Waals surface area contributed by atoms with Gasteiger partial charge in [0.2, 0.25) is 0 Å². The topological polar surface area (TPSA) is 39.4 Å². The van der Waals surface area contributed by atoms with Crippen LogP contribution in [0.4, 0.5) is 0 Å². The third-order valence-corrected chi connectivity index (χ3v) is 3.60. The van der Waals surface area contributed by atoms with Crippen molar-refractivity contribution < 1.29 is 4.74 Å². The summed E-state index contributed by atoms with van der Waals surface area (Å²) in [4.78, 5) is 0. The van der Waals surface area contributed by atoms with Crippen molar-refractivity contribution in [1.29, 1.82) is 0 Å². The van der Waals surface area contributed by atoms with Gasteiger partial charge in [0.25, 0.3) is 0 Å². The monoisotopic (exact) mass is 317 g/mol. The first-order chi connectivity index (χ1) is 9.28. The van der Waals surface area contributed by atoms with Crippen LogP contribution in [0.3, 0.4) is 0 Å². The molecule has 0 atom stereocenters. The van der Waals surface area contributed by atoms with Gasteiger partial charge in [-0.15, -0.1) is 10.2 Å². The van der Waals surface area contributed by atoms with Crippen molar-refractivity contribution in [1.82, 2.24) is 14.6 Å². The Morgan fingerprint density at radius 1 is 1.16 bits per heavy atom. The zero-order valence-corrected chi connectivity index (χ0v) is 12.0. The van der Waals surface area contributed by atoms with Crippen molar-refractivity contribution in [2.45, 2.75) is 6.42 Å². The molecule has 2 heterocycles. The summed E-state index contributed by atoms with van der Waals surface area (Å²) in [6.07, 6.45) is 2.71. The van der Waals surface area contributed by atoms with Gasteiger partial charge in [-0.2, -0.15) is 0 Å². The summed E-state index contributed by atoms with van der Waals surface area (Å²) in [7, 11) is 1.67. The van der Waals surface area contributed by atoms with Crippen molar-refractivity contribution in [2.24, 2.45) is 0 Å². The van der Waals surface area contributed by atoms with Crippen LogP contribution in [0.15, 0.2) is 47.1 Å². The smallest absolute Gasteiger partial charge is 0.175 e. The Hall–Kier alpha value is -1.88. The largest absolute Gasteiger partial charge is 0.497 e. The molecule has 0 amide bonds. The highest BCUT2D eigenvalue weighted by Crippen LogP contribution is 2.18. The molecule has 0 bridgehead atoms. The predicted octanol–water partition coefficient (Wildman–Crippen LogP) is 3.09. The summed E-state index contributed by atoms with van der Waals surface area (Å²) in [5, 5.41) is 8.44. The van der Waals surface area contributed by atoms with Gasteiger partial charge in [-0.25, -0.2) is 0 Å². The molecule has 0 unspecified atom stereocenters. The average molecular weight is 318 g/mol. The van der Waals surface area contributed by atoms with Gasteiger partial charge in [-0.05, 0) is 45.8 Å². The molecule has 2 aromatic heterocycles. The average Bonchev–Trinajstić information content (AvgIpc) is 2.84. The highest BCUT2D eigenvalue weighted by molar-refractivity contribution is 9.10. The Morgan fingerprint density at radius 3 is 2.68 bits per heavy atom. The van der Waals surface area contributed by atoms with Crippen LogP contribution in [0.25, 0.3) is 5.65 Å². The fourth-order valence-electron chi connectivity index (χ4n) is 1.98. The van der Waals surface area contributed by atoms with E-state index in [1.165, 1.54) is 5.56 Å². The lowest BCUT2D eigenvalue weighted by Gasteiger charge is -2.03. The van der Waals surface area contributed by atoms with Crippen molar-refractivity contribution >= 4 is 21.6 Å². The van der Waals surface area contributed by atoms with E-state index in [1.54, 1.807) is 7.11 Å². The van der Waals surface area contributed by atoms with Gasteiger partial charge >= 0.3 is 0 Å². The van der Waals surface area contributed by atoms with Gasteiger partial charge in [-0.1, -0.05) is 12.1 Å². The van der Waals surface area contributed by atoms with E-state index in [0.717, 1.165) is 28.1 Å². The summed E-state index contributed by atoms with van der Waals surface area (Å²) in [6.45, 7) is 0. The fraction of sp³-hybridized carbons (Fsp3) is 0.143. The molecule has 19 heavy (non-hydrogen) atoms. The van der Waals surface area contributed by atoms with Gasteiger partial charge in [0.05, 0.1) is 11.6 Å². The van der Waals surface area contributed by atoms with E-state index in [9.17, 15) is 0 Å². The van der Waals surface area contributed by atoms with Crippen LogP contribution in [0.5, 0.6) is 5.75 Å². The third kappa shape index (κ3) is 2.33. The molecule has 3 rings (SSSR count). The lowest BCUT2D eigenvalue weighted by atomic mass is 10.1. The predicted molar refractivity (Wildman–Crippen MR) is 76.5 cm³/mol. The summed E-state index contributed by atoms with van der Waals surface area (Å²) < 4.78 is 8.09. The molecule has 0 saturated heterocycles. The number of halogens is 1. The SMILES string of the molecule is COc1ccc(Cc2nnc3c(Br)cccn23)cc1. The molecule has 96 valence electrons. The molecule has 1 aromatic carbocycles. The van der Waals surface area contributed by atoms with Gasteiger partial charge in [-0.3, -0.25) is 4.40 Å². The Labute approximate surface area is 119 Å². The fourth-order valence-corrected chi connectivity index (χ4v) is 2.40. The second kappa shape index (κ2) is 5.01. The molecule has 4 nitrogen and oxygen atoms in total. The van der Waals surface area contributed by atoms with Crippen molar-refractivity contribution in [3.05, 3.63) is 58.5 Å². The minimum atomic E-state index is 0.738. The van der Waals surface area contributed by atoms with Crippen LogP contribution in [0.1, 0.15) is 11.4 Å². The van der Waals surface area contributed by atoms with E-state index in [-0.39, 0.29) is 0 Å². The minimum absolute atomic E-state index is 0.738. The van der Waals surface area contributed by atoms with E-state index < -0.39 is 0 Å². The van der Waals surface area contributed by atoms with Crippen molar-refractivity contribution in [3.8, 4) is 5.75 Å². The van der Waals surface area contributed by atoms with E-state index in [0.29, 0.717) is 0 Å². The standard InChI is InChI=1S/C14H12BrN3O/c1-19-11-6-4-10(5-7-11)9-13-16-17-14-12(15)3-2-8-18(13)14/h2-8H,9H2,1H3. The summed E-state index contributed by atoms with van der Waals surface area (Å²) >= 11 is 3.47. The Kier molecular flexibility index (Phi) is 3.21.